The molecule has 3 atom stereocenters. The fraction of sp³-hybridized carbons (Fsp3) is 0.310. The molecule has 0 bridgehead atoms. The molecule has 1 aliphatic heterocycles. The Kier molecular flexibility index (Phi) is 8.63. The number of amides is 2. The van der Waals surface area contributed by atoms with Crippen molar-refractivity contribution in [3.05, 3.63) is 101 Å². The minimum Gasteiger partial charge on any atom is -0.390 e. The number of hydrogen-bond acceptors (Lipinski definition) is 4. The van der Waals surface area contributed by atoms with Gasteiger partial charge in [0.1, 0.15) is 17.6 Å². The second-order valence-corrected chi connectivity index (χ2v) is 9.37. The van der Waals surface area contributed by atoms with Gasteiger partial charge in [0.2, 0.25) is 11.8 Å². The van der Waals surface area contributed by atoms with Gasteiger partial charge in [-0.05, 0) is 59.7 Å². The van der Waals surface area contributed by atoms with Crippen LogP contribution in [0, 0.1) is 17.6 Å². The third-order valence-corrected chi connectivity index (χ3v) is 6.58. The average Bonchev–Trinajstić information content (AvgIpc) is 2.87. The normalized spacial score (nSPS) is 16.4. The smallest absolute Gasteiger partial charge is 0.237 e. The predicted molar refractivity (Wildman–Crippen MR) is 138 cm³/mol. The van der Waals surface area contributed by atoms with E-state index >= 15 is 0 Å². The second kappa shape index (κ2) is 12.1. The topological polar surface area (TPSA) is 90.5 Å². The summed E-state index contributed by atoms with van der Waals surface area (Å²) in [4.78, 5) is 25.8. The molecule has 0 saturated carbocycles. The molecule has 0 aromatic heterocycles. The van der Waals surface area contributed by atoms with Crippen LogP contribution in [0.25, 0.3) is 0 Å². The number of aliphatic hydroxyl groups is 1. The molecule has 0 radical (unpaired) electrons. The number of para-hydroxylation sites is 1. The molecular formula is C29H31F2N3O3. The quantitative estimate of drug-likeness (QED) is 0.316. The Bertz CT molecular complexity index is 1250. The van der Waals surface area contributed by atoms with Gasteiger partial charge in [-0.2, -0.15) is 0 Å². The zero-order valence-electron chi connectivity index (χ0n) is 20.6. The summed E-state index contributed by atoms with van der Waals surface area (Å²) in [7, 11) is 0. The number of nitrogens with one attached hydrogen (secondary N) is 3. The molecule has 0 spiro atoms. The Morgan fingerprint density at radius 2 is 1.76 bits per heavy atom. The van der Waals surface area contributed by atoms with E-state index in [0.29, 0.717) is 12.2 Å². The number of benzene rings is 3. The maximum Gasteiger partial charge on any atom is 0.237 e. The summed E-state index contributed by atoms with van der Waals surface area (Å²) in [6, 6.07) is 17.5. The number of hydrogen-bond donors (Lipinski definition) is 4. The summed E-state index contributed by atoms with van der Waals surface area (Å²) in [6.45, 7) is 2.70. The Hall–Kier alpha value is -3.62. The first-order valence-electron chi connectivity index (χ1n) is 12.4. The lowest BCUT2D eigenvalue weighted by atomic mass is 9.91. The van der Waals surface area contributed by atoms with Crippen molar-refractivity contribution in [1.82, 2.24) is 10.6 Å². The first-order chi connectivity index (χ1) is 17.8. The van der Waals surface area contributed by atoms with Crippen LogP contribution >= 0.6 is 0 Å². The van der Waals surface area contributed by atoms with Crippen LogP contribution in [0.1, 0.15) is 29.2 Å². The SMILES string of the molecule is CCc1cccc(CNC[C@H](O)[C@H](Cc2cc(F)cc(F)c2)NC(=O)C2Cc3ccccc3NC2=O)c1. The van der Waals surface area contributed by atoms with Crippen molar-refractivity contribution in [1.29, 1.82) is 0 Å². The molecule has 4 N–H and O–H groups in total. The van der Waals surface area contributed by atoms with Crippen molar-refractivity contribution < 1.29 is 23.5 Å². The number of fused-ring (bicyclic) bond motifs is 1. The van der Waals surface area contributed by atoms with Gasteiger partial charge in [0, 0.05) is 24.8 Å². The molecule has 3 aromatic rings. The highest BCUT2D eigenvalue weighted by molar-refractivity contribution is 6.08. The maximum atomic E-state index is 13.8. The standard InChI is InChI=1S/C29H31F2N3O3/c1-2-18-6-5-7-19(10-18)16-32-17-27(35)26(13-20-11-22(30)15-23(31)12-20)34-29(37)24-14-21-8-3-4-9-25(21)33-28(24)36/h3-12,15,24,26-27,32,35H,2,13-14,16-17H2,1H3,(H,33,36)(H,34,37)/t24?,26-,27-/m0/s1. The molecular weight excluding hydrogens is 476 g/mol. The summed E-state index contributed by atoms with van der Waals surface area (Å²) in [6.07, 6.45) is 0.0358. The summed E-state index contributed by atoms with van der Waals surface area (Å²) in [5, 5.41) is 19.7. The predicted octanol–water partition coefficient (Wildman–Crippen LogP) is 3.52. The van der Waals surface area contributed by atoms with Crippen LogP contribution in [-0.2, 0) is 35.4 Å². The molecule has 1 heterocycles. The molecule has 2 amide bonds. The number of halogens is 2. The monoisotopic (exact) mass is 507 g/mol. The molecule has 1 aliphatic rings. The van der Waals surface area contributed by atoms with Crippen LogP contribution in [0.5, 0.6) is 0 Å². The van der Waals surface area contributed by atoms with Gasteiger partial charge >= 0.3 is 0 Å². The molecule has 8 heteroatoms. The van der Waals surface area contributed by atoms with Gasteiger partial charge in [-0.1, -0.05) is 49.4 Å². The molecule has 0 aliphatic carbocycles. The molecule has 0 fully saturated rings. The van der Waals surface area contributed by atoms with Crippen LogP contribution in [0.4, 0.5) is 14.5 Å². The zero-order valence-corrected chi connectivity index (χ0v) is 20.6. The van der Waals surface area contributed by atoms with Crippen LogP contribution < -0.4 is 16.0 Å². The Labute approximate surface area is 215 Å². The first-order valence-corrected chi connectivity index (χ1v) is 12.4. The summed E-state index contributed by atoms with van der Waals surface area (Å²) >= 11 is 0. The van der Waals surface area contributed by atoms with Gasteiger partial charge in [-0.15, -0.1) is 0 Å². The lowest BCUT2D eigenvalue weighted by Gasteiger charge is -2.29. The summed E-state index contributed by atoms with van der Waals surface area (Å²) < 4.78 is 27.6. The maximum absolute atomic E-state index is 13.8. The Morgan fingerprint density at radius 3 is 2.51 bits per heavy atom. The van der Waals surface area contributed by atoms with Gasteiger partial charge in [-0.25, -0.2) is 8.78 Å². The van der Waals surface area contributed by atoms with Crippen LogP contribution in [-0.4, -0.2) is 35.6 Å². The first kappa shape index (κ1) is 26.4. The highest BCUT2D eigenvalue weighted by atomic mass is 19.1. The van der Waals surface area contributed by atoms with Crippen molar-refractivity contribution in [2.45, 2.75) is 44.9 Å². The molecule has 1 unspecified atom stereocenters. The largest absolute Gasteiger partial charge is 0.390 e. The van der Waals surface area contributed by atoms with E-state index in [1.54, 1.807) is 12.1 Å². The highest BCUT2D eigenvalue weighted by Crippen LogP contribution is 2.25. The third kappa shape index (κ3) is 6.99. The Balaban J connectivity index is 1.46. The minimum atomic E-state index is -1.08. The summed E-state index contributed by atoms with van der Waals surface area (Å²) in [5.41, 5.74) is 4.04. The lowest BCUT2D eigenvalue weighted by molar-refractivity contribution is -0.133. The fourth-order valence-corrected chi connectivity index (χ4v) is 4.58. The van der Waals surface area contributed by atoms with Gasteiger partial charge in [0.25, 0.3) is 0 Å². The van der Waals surface area contributed by atoms with Gasteiger partial charge in [0.05, 0.1) is 12.1 Å². The molecule has 6 nitrogen and oxygen atoms in total. The van der Waals surface area contributed by atoms with E-state index in [4.69, 9.17) is 0 Å². The minimum absolute atomic E-state index is 0.0144. The zero-order chi connectivity index (χ0) is 26.4. The van der Waals surface area contributed by atoms with Gasteiger partial charge in [0.15, 0.2) is 0 Å². The third-order valence-electron chi connectivity index (χ3n) is 6.58. The van der Waals surface area contributed by atoms with Crippen LogP contribution in [0.2, 0.25) is 0 Å². The number of aryl methyl sites for hydroxylation is 1. The van der Waals surface area contributed by atoms with E-state index in [1.165, 1.54) is 17.7 Å². The van der Waals surface area contributed by atoms with Crippen molar-refractivity contribution >= 4 is 17.5 Å². The number of anilines is 1. The molecule has 37 heavy (non-hydrogen) atoms. The van der Waals surface area contributed by atoms with Crippen molar-refractivity contribution in [3.8, 4) is 0 Å². The van der Waals surface area contributed by atoms with Crippen molar-refractivity contribution in [2.24, 2.45) is 5.92 Å². The number of carbonyl (C=O) groups excluding carboxylic acids is 2. The summed E-state index contributed by atoms with van der Waals surface area (Å²) in [5.74, 6) is -3.46. The molecule has 3 aromatic carbocycles. The van der Waals surface area contributed by atoms with Gasteiger partial charge < -0.3 is 21.1 Å². The fourth-order valence-electron chi connectivity index (χ4n) is 4.58. The van der Waals surface area contributed by atoms with E-state index < -0.39 is 41.5 Å². The van der Waals surface area contributed by atoms with Crippen molar-refractivity contribution in [2.75, 3.05) is 11.9 Å². The average molecular weight is 508 g/mol. The highest BCUT2D eigenvalue weighted by Gasteiger charge is 2.34. The van der Waals surface area contributed by atoms with E-state index in [-0.39, 0.29) is 24.9 Å². The van der Waals surface area contributed by atoms with E-state index in [1.807, 2.05) is 30.3 Å². The van der Waals surface area contributed by atoms with E-state index in [2.05, 4.69) is 28.9 Å². The number of carbonyl (C=O) groups is 2. The number of aliphatic hydroxyl groups excluding tert-OH is 1. The lowest BCUT2D eigenvalue weighted by Crippen LogP contribution is -2.52. The van der Waals surface area contributed by atoms with E-state index in [0.717, 1.165) is 23.6 Å². The van der Waals surface area contributed by atoms with Crippen molar-refractivity contribution in [3.63, 3.8) is 0 Å². The molecule has 194 valence electrons. The molecule has 4 rings (SSSR count). The molecule has 0 saturated heterocycles. The van der Waals surface area contributed by atoms with Crippen LogP contribution in [0.3, 0.4) is 0 Å². The number of rotatable bonds is 10. The Morgan fingerprint density at radius 1 is 1.03 bits per heavy atom. The van der Waals surface area contributed by atoms with Gasteiger partial charge in [-0.3, -0.25) is 9.59 Å². The van der Waals surface area contributed by atoms with E-state index in [9.17, 15) is 23.5 Å². The van der Waals surface area contributed by atoms with Crippen LogP contribution in [0.15, 0.2) is 66.7 Å². The second-order valence-electron chi connectivity index (χ2n) is 9.37.